The van der Waals surface area contributed by atoms with E-state index >= 15 is 0 Å². The van der Waals surface area contributed by atoms with Crippen molar-refractivity contribution in [2.45, 2.75) is 6.18 Å². The van der Waals surface area contributed by atoms with Crippen LogP contribution in [0.25, 0.3) is 21.7 Å². The lowest BCUT2D eigenvalue weighted by molar-refractivity contribution is -0.136. The van der Waals surface area contributed by atoms with Crippen LogP contribution in [0.4, 0.5) is 13.2 Å². The van der Waals surface area contributed by atoms with Crippen LogP contribution >= 0.6 is 0 Å². The van der Waals surface area contributed by atoms with Gasteiger partial charge in [-0.05, 0) is 6.07 Å². The number of aromatic amines is 1. The summed E-state index contributed by atoms with van der Waals surface area (Å²) in [5, 5.41) is 0.183. The Labute approximate surface area is 104 Å². The van der Waals surface area contributed by atoms with E-state index in [-0.39, 0.29) is 10.8 Å². The van der Waals surface area contributed by atoms with Gasteiger partial charge in [-0.25, -0.2) is 0 Å². The Bertz CT molecular complexity index is 837. The number of halogens is 3. The van der Waals surface area contributed by atoms with E-state index in [0.717, 1.165) is 12.4 Å². The minimum Gasteiger partial charge on any atom is -0.321 e. The van der Waals surface area contributed by atoms with E-state index in [9.17, 15) is 18.0 Å². The molecule has 96 valence electrons. The summed E-state index contributed by atoms with van der Waals surface area (Å²) in [5.41, 5.74) is -1.10. The van der Waals surface area contributed by atoms with E-state index in [2.05, 4.69) is 9.97 Å². The van der Waals surface area contributed by atoms with Gasteiger partial charge >= 0.3 is 6.18 Å². The first-order valence-electron chi connectivity index (χ1n) is 5.44. The van der Waals surface area contributed by atoms with Crippen LogP contribution < -0.4 is 5.56 Å². The Morgan fingerprint density at radius 1 is 1.05 bits per heavy atom. The summed E-state index contributed by atoms with van der Waals surface area (Å²) in [7, 11) is 0. The van der Waals surface area contributed by atoms with Gasteiger partial charge in [0.2, 0.25) is 0 Å². The van der Waals surface area contributed by atoms with E-state index in [1.807, 2.05) is 0 Å². The zero-order valence-electron chi connectivity index (χ0n) is 9.45. The molecule has 0 fully saturated rings. The van der Waals surface area contributed by atoms with Crippen molar-refractivity contribution in [1.29, 1.82) is 0 Å². The number of rotatable bonds is 0. The Balaban J connectivity index is 2.64. The third-order valence-electron chi connectivity index (χ3n) is 2.94. The molecule has 0 unspecified atom stereocenters. The predicted octanol–water partition coefficient (Wildman–Crippen LogP) is 3.10. The normalized spacial score (nSPS) is 12.2. The van der Waals surface area contributed by atoms with Crippen molar-refractivity contribution in [3.8, 4) is 0 Å². The third-order valence-corrected chi connectivity index (χ3v) is 2.94. The summed E-state index contributed by atoms with van der Waals surface area (Å²) in [6.45, 7) is 0. The van der Waals surface area contributed by atoms with Crippen LogP contribution in [0.5, 0.6) is 0 Å². The first kappa shape index (κ1) is 11.7. The molecule has 0 bridgehead atoms. The maximum atomic E-state index is 13.0. The fourth-order valence-corrected chi connectivity index (χ4v) is 2.14. The maximum Gasteiger partial charge on any atom is 0.418 e. The molecule has 0 aliphatic carbocycles. The molecule has 1 aromatic carbocycles. The molecule has 3 rings (SSSR count). The van der Waals surface area contributed by atoms with Gasteiger partial charge < -0.3 is 4.98 Å². The molecule has 2 aromatic heterocycles. The second kappa shape index (κ2) is 3.81. The number of alkyl halides is 3. The number of nitrogens with one attached hydrogen (secondary N) is 1. The summed E-state index contributed by atoms with van der Waals surface area (Å²) in [6, 6.07) is 6.39. The molecule has 2 heterocycles. The summed E-state index contributed by atoms with van der Waals surface area (Å²) in [6.07, 6.45) is -2.66. The van der Waals surface area contributed by atoms with Gasteiger partial charge in [-0.2, -0.15) is 13.2 Å². The lowest BCUT2D eigenvalue weighted by Gasteiger charge is -2.11. The zero-order valence-corrected chi connectivity index (χ0v) is 9.45. The minimum atomic E-state index is -4.55. The van der Waals surface area contributed by atoms with Gasteiger partial charge in [0.1, 0.15) is 0 Å². The number of hydrogen-bond donors (Lipinski definition) is 1. The zero-order chi connectivity index (χ0) is 13.6. The van der Waals surface area contributed by atoms with Crippen LogP contribution in [0.1, 0.15) is 5.56 Å². The van der Waals surface area contributed by atoms with E-state index < -0.39 is 17.3 Å². The molecule has 0 saturated heterocycles. The summed E-state index contributed by atoms with van der Waals surface area (Å²) < 4.78 is 39.1. The molecule has 0 aliphatic rings. The predicted molar refractivity (Wildman–Crippen MR) is 64.9 cm³/mol. The smallest absolute Gasteiger partial charge is 0.321 e. The molecule has 0 atom stereocenters. The van der Waals surface area contributed by atoms with Crippen molar-refractivity contribution in [2.24, 2.45) is 0 Å². The lowest BCUT2D eigenvalue weighted by atomic mass is 10.0. The molecule has 6 heteroatoms. The minimum absolute atomic E-state index is 0.0616. The highest BCUT2D eigenvalue weighted by Crippen LogP contribution is 2.35. The molecular weight excluding hydrogens is 257 g/mol. The van der Waals surface area contributed by atoms with Gasteiger partial charge in [-0.3, -0.25) is 9.78 Å². The molecular formula is C13H7F3N2O. The summed E-state index contributed by atoms with van der Waals surface area (Å²) >= 11 is 0. The average molecular weight is 264 g/mol. The van der Waals surface area contributed by atoms with Crippen LogP contribution in [-0.2, 0) is 6.18 Å². The van der Waals surface area contributed by atoms with Crippen molar-refractivity contribution in [2.75, 3.05) is 0 Å². The van der Waals surface area contributed by atoms with E-state index in [1.165, 1.54) is 0 Å². The molecule has 3 nitrogen and oxygen atoms in total. The number of para-hydroxylation sites is 1. The number of nitrogens with zero attached hydrogens (tertiary/aromatic N) is 1. The van der Waals surface area contributed by atoms with Crippen LogP contribution in [0.3, 0.4) is 0 Å². The number of benzene rings is 1. The largest absolute Gasteiger partial charge is 0.418 e. The van der Waals surface area contributed by atoms with Gasteiger partial charge in [0, 0.05) is 28.7 Å². The average Bonchev–Trinajstić information content (AvgIpc) is 2.37. The second-order valence-electron chi connectivity index (χ2n) is 4.11. The van der Waals surface area contributed by atoms with Crippen LogP contribution in [-0.4, -0.2) is 9.97 Å². The van der Waals surface area contributed by atoms with Crippen molar-refractivity contribution < 1.29 is 13.2 Å². The van der Waals surface area contributed by atoms with Crippen LogP contribution in [0.2, 0.25) is 0 Å². The number of fused-ring (bicyclic) bond motifs is 3. The summed E-state index contributed by atoms with van der Waals surface area (Å²) in [4.78, 5) is 17.9. The van der Waals surface area contributed by atoms with Gasteiger partial charge in [0.15, 0.2) is 0 Å². The Hall–Kier alpha value is -2.37. The quantitative estimate of drug-likeness (QED) is 0.634. The molecule has 19 heavy (non-hydrogen) atoms. The highest BCUT2D eigenvalue weighted by Gasteiger charge is 2.34. The fourth-order valence-electron chi connectivity index (χ4n) is 2.14. The SMILES string of the molecule is O=c1[nH]c2ccccc2c2c(C(F)(F)F)cncc12. The lowest BCUT2D eigenvalue weighted by Crippen LogP contribution is -2.12. The maximum absolute atomic E-state index is 13.0. The van der Waals surface area contributed by atoms with E-state index in [0.29, 0.717) is 10.9 Å². The Morgan fingerprint density at radius 3 is 2.53 bits per heavy atom. The second-order valence-corrected chi connectivity index (χ2v) is 4.11. The molecule has 0 aliphatic heterocycles. The number of hydrogen-bond acceptors (Lipinski definition) is 2. The number of pyridine rings is 2. The molecule has 0 spiro atoms. The molecule has 0 radical (unpaired) electrons. The Kier molecular flexibility index (Phi) is 2.35. The van der Waals surface area contributed by atoms with Crippen molar-refractivity contribution in [3.05, 3.63) is 52.6 Å². The van der Waals surface area contributed by atoms with Gasteiger partial charge in [0.25, 0.3) is 5.56 Å². The van der Waals surface area contributed by atoms with Gasteiger partial charge in [-0.1, -0.05) is 18.2 Å². The van der Waals surface area contributed by atoms with Gasteiger partial charge in [0.05, 0.1) is 10.9 Å². The standard InChI is InChI=1S/C13H7F3N2O/c14-13(15,16)9-6-17-5-8-11(9)7-3-1-2-4-10(7)18-12(8)19/h1-6H,(H,18,19). The van der Waals surface area contributed by atoms with E-state index in [4.69, 9.17) is 0 Å². The highest BCUT2D eigenvalue weighted by molar-refractivity contribution is 6.06. The molecule has 1 N–H and O–H groups in total. The first-order chi connectivity index (χ1) is 8.98. The monoisotopic (exact) mass is 264 g/mol. The van der Waals surface area contributed by atoms with Crippen molar-refractivity contribution >= 4 is 21.7 Å². The first-order valence-corrected chi connectivity index (χ1v) is 5.44. The van der Waals surface area contributed by atoms with Crippen LogP contribution in [0, 0.1) is 0 Å². The highest BCUT2D eigenvalue weighted by atomic mass is 19.4. The molecule has 3 aromatic rings. The van der Waals surface area contributed by atoms with E-state index in [1.54, 1.807) is 24.3 Å². The van der Waals surface area contributed by atoms with Crippen molar-refractivity contribution in [1.82, 2.24) is 9.97 Å². The van der Waals surface area contributed by atoms with Crippen LogP contribution in [0.15, 0.2) is 41.5 Å². The fraction of sp³-hybridized carbons (Fsp3) is 0.0769. The third kappa shape index (κ3) is 1.76. The summed E-state index contributed by atoms with van der Waals surface area (Å²) in [5.74, 6) is 0. The number of H-pyrrole nitrogens is 1. The van der Waals surface area contributed by atoms with Crippen molar-refractivity contribution in [3.63, 3.8) is 0 Å². The Morgan fingerprint density at radius 2 is 1.79 bits per heavy atom. The topological polar surface area (TPSA) is 45.8 Å². The molecule has 0 saturated carbocycles. The number of aromatic nitrogens is 2. The molecule has 0 amide bonds. The van der Waals surface area contributed by atoms with Gasteiger partial charge in [-0.15, -0.1) is 0 Å².